The van der Waals surface area contributed by atoms with E-state index in [2.05, 4.69) is 17.3 Å². The van der Waals surface area contributed by atoms with Gasteiger partial charge in [0, 0.05) is 12.6 Å². The van der Waals surface area contributed by atoms with Gasteiger partial charge in [0.1, 0.15) is 5.54 Å². The van der Waals surface area contributed by atoms with Crippen LogP contribution in [0.1, 0.15) is 39.5 Å². The summed E-state index contributed by atoms with van der Waals surface area (Å²) in [6, 6.07) is 0.313. The van der Waals surface area contributed by atoms with E-state index in [1.165, 1.54) is 0 Å². The van der Waals surface area contributed by atoms with Crippen molar-refractivity contribution in [3.05, 3.63) is 0 Å². The van der Waals surface area contributed by atoms with E-state index in [1.807, 2.05) is 13.8 Å². The highest BCUT2D eigenvalue weighted by atomic mass is 16.5. The maximum atomic E-state index is 11.5. The number of carboxylic acid groups (broad SMARTS) is 1. The number of likely N-dealkylation sites (N-methyl/N-ethyl adjacent to an activating group) is 2. The van der Waals surface area contributed by atoms with Crippen molar-refractivity contribution in [2.45, 2.75) is 57.2 Å². The van der Waals surface area contributed by atoms with E-state index in [-0.39, 0.29) is 6.10 Å². The predicted octanol–water partition coefficient (Wildman–Crippen LogP) is 1.33. The van der Waals surface area contributed by atoms with Gasteiger partial charge in [-0.05, 0) is 53.6 Å². The highest BCUT2D eigenvalue weighted by Gasteiger charge is 2.42. The largest absolute Gasteiger partial charge is 0.480 e. The van der Waals surface area contributed by atoms with Crippen LogP contribution in [0.3, 0.4) is 0 Å². The molecule has 0 aromatic rings. The smallest absolute Gasteiger partial charge is 0.323 e. The van der Waals surface area contributed by atoms with E-state index in [1.54, 1.807) is 7.05 Å². The molecule has 2 unspecified atom stereocenters. The maximum Gasteiger partial charge on any atom is 0.323 e. The van der Waals surface area contributed by atoms with Crippen LogP contribution in [0, 0.1) is 0 Å². The second kappa shape index (κ2) is 7.22. The number of rotatable bonds is 7. The summed E-state index contributed by atoms with van der Waals surface area (Å²) >= 11 is 0. The Morgan fingerprint density at radius 1 is 1.58 bits per heavy atom. The molecular formula is C14H28N2O3. The van der Waals surface area contributed by atoms with E-state index in [0.29, 0.717) is 25.5 Å². The Morgan fingerprint density at radius 3 is 2.79 bits per heavy atom. The molecular weight excluding hydrogens is 244 g/mol. The van der Waals surface area contributed by atoms with Gasteiger partial charge in [-0.3, -0.25) is 4.79 Å². The lowest BCUT2D eigenvalue weighted by molar-refractivity contribution is -0.147. The van der Waals surface area contributed by atoms with E-state index < -0.39 is 11.5 Å². The number of hydrogen-bond donors (Lipinski definition) is 2. The minimum atomic E-state index is -0.754. The van der Waals surface area contributed by atoms with Gasteiger partial charge in [-0.1, -0.05) is 0 Å². The van der Waals surface area contributed by atoms with Gasteiger partial charge in [0.2, 0.25) is 0 Å². The Balaban J connectivity index is 2.51. The number of carboxylic acids is 1. The molecule has 112 valence electrons. The Morgan fingerprint density at radius 2 is 2.26 bits per heavy atom. The predicted molar refractivity (Wildman–Crippen MR) is 75.4 cm³/mol. The van der Waals surface area contributed by atoms with Gasteiger partial charge in [0.15, 0.2) is 0 Å². The van der Waals surface area contributed by atoms with Gasteiger partial charge < -0.3 is 20.1 Å². The van der Waals surface area contributed by atoms with Gasteiger partial charge in [0.25, 0.3) is 0 Å². The van der Waals surface area contributed by atoms with Gasteiger partial charge in [-0.25, -0.2) is 0 Å². The van der Waals surface area contributed by atoms with Gasteiger partial charge in [-0.2, -0.15) is 0 Å². The van der Waals surface area contributed by atoms with Crippen molar-refractivity contribution in [3.63, 3.8) is 0 Å². The van der Waals surface area contributed by atoms with Crippen LogP contribution in [0.25, 0.3) is 0 Å². The van der Waals surface area contributed by atoms with Crippen molar-refractivity contribution < 1.29 is 14.6 Å². The van der Waals surface area contributed by atoms with Crippen molar-refractivity contribution in [1.29, 1.82) is 0 Å². The van der Waals surface area contributed by atoms with Crippen LogP contribution in [0.5, 0.6) is 0 Å². The lowest BCUT2D eigenvalue weighted by Crippen LogP contribution is -2.57. The number of ether oxygens (including phenoxy) is 1. The quantitative estimate of drug-likeness (QED) is 0.732. The highest BCUT2D eigenvalue weighted by molar-refractivity contribution is 5.79. The molecule has 2 atom stereocenters. The van der Waals surface area contributed by atoms with E-state index in [4.69, 9.17) is 4.74 Å². The molecule has 1 saturated carbocycles. The Labute approximate surface area is 116 Å². The molecule has 0 bridgehead atoms. The molecule has 1 fully saturated rings. The summed E-state index contributed by atoms with van der Waals surface area (Å²) in [4.78, 5) is 13.7. The van der Waals surface area contributed by atoms with Gasteiger partial charge >= 0.3 is 5.97 Å². The number of carbonyl (C=O) groups is 1. The molecule has 0 aromatic carbocycles. The fraction of sp³-hybridized carbons (Fsp3) is 0.929. The lowest BCUT2D eigenvalue weighted by Gasteiger charge is -2.41. The number of hydrogen-bond acceptors (Lipinski definition) is 4. The summed E-state index contributed by atoms with van der Waals surface area (Å²) in [5.74, 6) is -0.730. The van der Waals surface area contributed by atoms with Crippen molar-refractivity contribution in [1.82, 2.24) is 10.2 Å². The van der Waals surface area contributed by atoms with E-state index in [0.717, 1.165) is 19.4 Å². The fourth-order valence-electron chi connectivity index (χ4n) is 2.77. The maximum absolute atomic E-state index is 11.5. The third-order valence-electron chi connectivity index (χ3n) is 4.13. The van der Waals surface area contributed by atoms with Crippen molar-refractivity contribution in [2.24, 2.45) is 0 Å². The van der Waals surface area contributed by atoms with Crippen LogP contribution in [-0.2, 0) is 9.53 Å². The molecule has 0 spiro atoms. The SMILES string of the molecule is CNC1(C(=O)O)CCCC(N(C)CCOC(C)C)C1. The molecule has 19 heavy (non-hydrogen) atoms. The summed E-state index contributed by atoms with van der Waals surface area (Å²) < 4.78 is 5.56. The first-order valence-electron chi connectivity index (χ1n) is 7.15. The molecule has 5 heteroatoms. The molecule has 2 N–H and O–H groups in total. The van der Waals surface area contributed by atoms with Crippen molar-refractivity contribution in [2.75, 3.05) is 27.2 Å². The summed E-state index contributed by atoms with van der Waals surface area (Å²) in [5.41, 5.74) is -0.754. The highest BCUT2D eigenvalue weighted by Crippen LogP contribution is 2.30. The fourth-order valence-corrected chi connectivity index (χ4v) is 2.77. The average Bonchev–Trinajstić information content (AvgIpc) is 2.38. The molecule has 0 radical (unpaired) electrons. The molecule has 0 aromatic heterocycles. The third-order valence-corrected chi connectivity index (χ3v) is 4.13. The number of nitrogens with zero attached hydrogens (tertiary/aromatic N) is 1. The second-order valence-electron chi connectivity index (χ2n) is 5.79. The molecule has 0 aliphatic heterocycles. The zero-order valence-corrected chi connectivity index (χ0v) is 12.6. The Hall–Kier alpha value is -0.650. The van der Waals surface area contributed by atoms with Crippen LogP contribution >= 0.6 is 0 Å². The zero-order valence-electron chi connectivity index (χ0n) is 12.6. The topological polar surface area (TPSA) is 61.8 Å². The van der Waals surface area contributed by atoms with Crippen molar-refractivity contribution in [3.8, 4) is 0 Å². The average molecular weight is 272 g/mol. The minimum absolute atomic E-state index is 0.246. The summed E-state index contributed by atoms with van der Waals surface area (Å²) in [6.07, 6.45) is 3.64. The first-order chi connectivity index (χ1) is 8.91. The molecule has 0 amide bonds. The van der Waals surface area contributed by atoms with Crippen molar-refractivity contribution >= 4 is 5.97 Å². The normalized spacial score (nSPS) is 28.0. The Bertz CT molecular complexity index is 296. The molecule has 1 aliphatic carbocycles. The molecule has 1 aliphatic rings. The first-order valence-corrected chi connectivity index (χ1v) is 7.15. The van der Waals surface area contributed by atoms with Crippen LogP contribution in [0.15, 0.2) is 0 Å². The van der Waals surface area contributed by atoms with Crippen LogP contribution in [-0.4, -0.2) is 60.9 Å². The van der Waals surface area contributed by atoms with Crippen LogP contribution in [0.4, 0.5) is 0 Å². The minimum Gasteiger partial charge on any atom is -0.480 e. The monoisotopic (exact) mass is 272 g/mol. The number of nitrogens with one attached hydrogen (secondary N) is 1. The van der Waals surface area contributed by atoms with E-state index in [9.17, 15) is 9.90 Å². The first kappa shape index (κ1) is 16.4. The van der Waals surface area contributed by atoms with Crippen LogP contribution in [0.2, 0.25) is 0 Å². The summed E-state index contributed by atoms with van der Waals surface area (Å²) in [7, 11) is 3.81. The van der Waals surface area contributed by atoms with E-state index >= 15 is 0 Å². The Kier molecular flexibility index (Phi) is 6.23. The zero-order chi connectivity index (χ0) is 14.5. The molecule has 5 nitrogen and oxygen atoms in total. The van der Waals surface area contributed by atoms with Gasteiger partial charge in [0.05, 0.1) is 12.7 Å². The molecule has 1 rings (SSSR count). The third kappa shape index (κ3) is 4.44. The van der Waals surface area contributed by atoms with Gasteiger partial charge in [-0.15, -0.1) is 0 Å². The molecule has 0 heterocycles. The summed E-state index contributed by atoms with van der Waals surface area (Å²) in [6.45, 7) is 5.60. The lowest BCUT2D eigenvalue weighted by atomic mass is 9.78. The van der Waals surface area contributed by atoms with Crippen LogP contribution < -0.4 is 5.32 Å². The standard InChI is InChI=1S/C14H28N2O3/c1-11(2)19-9-8-16(4)12-6-5-7-14(10-12,15-3)13(17)18/h11-12,15H,5-10H2,1-4H3,(H,17,18). The summed E-state index contributed by atoms with van der Waals surface area (Å²) in [5, 5.41) is 12.5. The molecule has 0 saturated heterocycles. The second-order valence-corrected chi connectivity index (χ2v) is 5.79. The number of aliphatic carboxylic acids is 1.